The smallest absolute Gasteiger partial charge is 0.413 e. The van der Waals surface area contributed by atoms with Crippen molar-refractivity contribution in [2.75, 3.05) is 56.9 Å². The predicted octanol–water partition coefficient (Wildman–Crippen LogP) is 4.54. The number of ether oxygens (including phenoxy) is 2. The van der Waals surface area contributed by atoms with Crippen molar-refractivity contribution in [1.29, 1.82) is 10.8 Å². The molecule has 1 atom stereocenters. The lowest BCUT2D eigenvalue weighted by molar-refractivity contribution is -0.132. The summed E-state index contributed by atoms with van der Waals surface area (Å²) in [4.78, 5) is 48.4. The second-order valence-electron chi connectivity index (χ2n) is 12.9. The maximum atomic E-state index is 13.8. The Morgan fingerprint density at radius 1 is 1.06 bits per heavy atom. The lowest BCUT2D eigenvalue weighted by Crippen LogP contribution is -2.42. The van der Waals surface area contributed by atoms with Gasteiger partial charge in [-0.3, -0.25) is 25.3 Å². The number of carbonyl (C=O) groups excluding carboxylic acids is 3. The van der Waals surface area contributed by atoms with Crippen LogP contribution in [0.25, 0.3) is 5.57 Å². The molecule has 0 saturated carbocycles. The molecule has 0 spiro atoms. The van der Waals surface area contributed by atoms with Gasteiger partial charge in [-0.15, -0.1) is 0 Å². The van der Waals surface area contributed by atoms with Crippen LogP contribution in [0.4, 0.5) is 16.2 Å². The first-order valence-corrected chi connectivity index (χ1v) is 17.2. The zero-order valence-corrected chi connectivity index (χ0v) is 29.6. The van der Waals surface area contributed by atoms with Gasteiger partial charge < -0.3 is 30.3 Å². The lowest BCUT2D eigenvalue weighted by atomic mass is 9.98. The number of nitrogens with one attached hydrogen (secondary N) is 3. The van der Waals surface area contributed by atoms with Crippen molar-refractivity contribution >= 4 is 46.5 Å². The third-order valence-electron chi connectivity index (χ3n) is 9.04. The number of hydrogen-bond acceptors (Lipinski definition) is 10. The van der Waals surface area contributed by atoms with Gasteiger partial charge in [0.1, 0.15) is 0 Å². The Hall–Kier alpha value is -5.56. The van der Waals surface area contributed by atoms with Crippen LogP contribution >= 0.6 is 0 Å². The molecule has 1 saturated heterocycles. The monoisotopic (exact) mass is 694 g/mol. The fraction of sp³-hybridized carbons (Fsp3) is 0.368. The van der Waals surface area contributed by atoms with Crippen LogP contribution in [0, 0.1) is 16.7 Å². The maximum Gasteiger partial charge on any atom is 0.413 e. The summed E-state index contributed by atoms with van der Waals surface area (Å²) in [5.41, 5.74) is 11.3. The molecule has 3 heterocycles. The summed E-state index contributed by atoms with van der Waals surface area (Å²) in [5.74, 6) is 0.0119. The number of alkyl carbamates (subject to hydrolysis) is 1. The number of aromatic nitrogens is 1. The van der Waals surface area contributed by atoms with Gasteiger partial charge in [-0.2, -0.15) is 0 Å². The zero-order valence-electron chi connectivity index (χ0n) is 29.6. The Kier molecular flexibility index (Phi) is 11.8. The minimum absolute atomic E-state index is 0.0118. The average Bonchev–Trinajstić information content (AvgIpc) is 3.60. The highest BCUT2D eigenvalue weighted by Crippen LogP contribution is 2.28. The van der Waals surface area contributed by atoms with Crippen molar-refractivity contribution in [1.82, 2.24) is 20.1 Å². The lowest BCUT2D eigenvalue weighted by Gasteiger charge is -2.29. The van der Waals surface area contributed by atoms with Gasteiger partial charge in [0.25, 0.3) is 0 Å². The number of rotatable bonds is 11. The van der Waals surface area contributed by atoms with Gasteiger partial charge in [0.15, 0.2) is 0 Å². The van der Waals surface area contributed by atoms with Crippen molar-refractivity contribution in [3.8, 4) is 5.88 Å². The van der Waals surface area contributed by atoms with E-state index in [4.69, 9.17) is 26.0 Å². The number of hydrogen-bond donors (Lipinski definition) is 4. The minimum Gasteiger partial charge on any atom is -0.475 e. The quantitative estimate of drug-likeness (QED) is 0.128. The summed E-state index contributed by atoms with van der Waals surface area (Å²) in [6.07, 6.45) is 4.28. The number of carbonyl (C=O) groups is 3. The summed E-state index contributed by atoms with van der Waals surface area (Å²) in [5, 5.41) is 19.1. The fourth-order valence-electron chi connectivity index (χ4n) is 6.27. The highest BCUT2D eigenvalue weighted by Gasteiger charge is 2.33. The summed E-state index contributed by atoms with van der Waals surface area (Å²) >= 11 is 0. The Labute approximate surface area is 298 Å². The number of anilines is 2. The first-order valence-electron chi connectivity index (χ1n) is 17.2. The van der Waals surface area contributed by atoms with Gasteiger partial charge in [0.05, 0.1) is 24.3 Å². The summed E-state index contributed by atoms with van der Waals surface area (Å²) < 4.78 is 10.5. The third-order valence-corrected chi connectivity index (χ3v) is 9.04. The van der Waals surface area contributed by atoms with Crippen molar-refractivity contribution < 1.29 is 23.9 Å². The van der Waals surface area contributed by atoms with Crippen molar-refractivity contribution in [3.63, 3.8) is 0 Å². The predicted molar refractivity (Wildman–Crippen MR) is 197 cm³/mol. The Balaban J connectivity index is 1.15. The van der Waals surface area contributed by atoms with Gasteiger partial charge >= 0.3 is 6.09 Å². The molecule has 0 unspecified atom stereocenters. The normalized spacial score (nSPS) is 16.0. The summed E-state index contributed by atoms with van der Waals surface area (Å²) in [6.45, 7) is 8.69. The molecular weight excluding hydrogens is 648 g/mol. The Morgan fingerprint density at radius 2 is 1.80 bits per heavy atom. The van der Waals surface area contributed by atoms with E-state index in [2.05, 4.69) is 15.2 Å². The number of pyridine rings is 1. The molecule has 5 rings (SSSR count). The van der Waals surface area contributed by atoms with E-state index in [0.717, 1.165) is 11.1 Å². The molecule has 3 amide bonds. The first kappa shape index (κ1) is 36.7. The van der Waals surface area contributed by atoms with Gasteiger partial charge in [0, 0.05) is 73.6 Å². The number of benzene rings is 2. The van der Waals surface area contributed by atoms with E-state index in [1.54, 1.807) is 53.6 Å². The van der Waals surface area contributed by atoms with Crippen molar-refractivity contribution in [3.05, 3.63) is 89.1 Å². The molecule has 2 aromatic carbocycles. The molecule has 13 heteroatoms. The van der Waals surface area contributed by atoms with Gasteiger partial charge in [0.2, 0.25) is 23.6 Å². The van der Waals surface area contributed by atoms with Crippen LogP contribution in [-0.4, -0.2) is 96.7 Å². The third kappa shape index (κ3) is 8.97. The van der Waals surface area contributed by atoms with E-state index in [9.17, 15) is 14.4 Å². The van der Waals surface area contributed by atoms with Crippen molar-refractivity contribution in [2.24, 2.45) is 5.92 Å². The molecule has 2 aliphatic rings. The van der Waals surface area contributed by atoms with Crippen LogP contribution in [0.1, 0.15) is 55.9 Å². The van der Waals surface area contributed by atoms with Crippen LogP contribution in [0.3, 0.4) is 0 Å². The molecule has 0 bridgehead atoms. The van der Waals surface area contributed by atoms with Crippen LogP contribution in [-0.2, 0) is 14.3 Å². The molecule has 2 aliphatic heterocycles. The Morgan fingerprint density at radius 3 is 2.43 bits per heavy atom. The Bertz CT molecular complexity index is 1810. The summed E-state index contributed by atoms with van der Waals surface area (Å²) in [6, 6.07) is 16.1. The molecule has 13 nitrogen and oxygen atoms in total. The number of nitrogens with two attached hydrogens (primary N) is 1. The van der Waals surface area contributed by atoms with E-state index in [1.807, 2.05) is 43.9 Å². The largest absolute Gasteiger partial charge is 0.475 e. The number of amides is 3. The van der Waals surface area contributed by atoms with Crippen molar-refractivity contribution in [2.45, 2.75) is 39.7 Å². The highest BCUT2D eigenvalue weighted by atomic mass is 16.6. The standard InChI is InChI=1S/C38H46N8O5/c1-5-46(30-11-12-32(39)31(20-30)35(40)28-10-13-33(43-21-28)50-24(2)3)37(48)29-14-17-44(22-29)23-34(47)45-18-15-26(16-19-45)25-6-8-27(9-7-25)36(41)51-38(49)42-4/h6-13,15,20-21,24,29,40-41H,5,14,16-19,22-23,39H2,1-4H3,(H,42,49)/t29-/m1/s1. The zero-order chi connectivity index (χ0) is 36.7. The van der Waals surface area contributed by atoms with Crippen LogP contribution < -0.4 is 20.7 Å². The van der Waals surface area contributed by atoms with E-state index < -0.39 is 6.09 Å². The topological polar surface area (TPSA) is 178 Å². The fourth-order valence-corrected chi connectivity index (χ4v) is 6.27. The second kappa shape index (κ2) is 16.4. The van der Waals surface area contributed by atoms with Crippen LogP contribution in [0.15, 0.2) is 66.9 Å². The van der Waals surface area contributed by atoms with Crippen LogP contribution in [0.2, 0.25) is 0 Å². The highest BCUT2D eigenvalue weighted by molar-refractivity contribution is 6.14. The first-order chi connectivity index (χ1) is 24.5. The average molecular weight is 695 g/mol. The van der Waals surface area contributed by atoms with E-state index in [1.165, 1.54) is 7.05 Å². The SMILES string of the molecule is CCN(C(=O)[C@@H]1CCN(CC(=O)N2CC=C(c3ccc(C(=N)OC(=O)NC)cc3)CC2)C1)c1ccc(N)c(C(=N)c2ccc(OC(C)C)nc2)c1. The number of nitrogens with zero attached hydrogens (tertiary/aromatic N) is 4. The molecule has 268 valence electrons. The molecule has 5 N–H and O–H groups in total. The molecule has 0 aliphatic carbocycles. The molecule has 1 fully saturated rings. The molecular formula is C38H46N8O5. The molecule has 1 aromatic heterocycles. The second-order valence-corrected chi connectivity index (χ2v) is 12.9. The van der Waals surface area contributed by atoms with Gasteiger partial charge in [-0.05, 0) is 87.7 Å². The van der Waals surface area contributed by atoms with Crippen LogP contribution in [0.5, 0.6) is 5.88 Å². The van der Waals surface area contributed by atoms with E-state index in [-0.39, 0.29) is 42.0 Å². The summed E-state index contributed by atoms with van der Waals surface area (Å²) in [7, 11) is 1.43. The molecule has 3 aromatic rings. The minimum atomic E-state index is -0.692. The van der Waals surface area contributed by atoms with Gasteiger partial charge in [-0.25, -0.2) is 9.78 Å². The molecule has 0 radical (unpaired) electrons. The number of likely N-dealkylation sites (tertiary alicyclic amines) is 1. The van der Waals surface area contributed by atoms with Gasteiger partial charge in [-0.1, -0.05) is 18.2 Å². The maximum absolute atomic E-state index is 13.8. The van der Waals surface area contributed by atoms with E-state index >= 15 is 0 Å². The molecule has 51 heavy (non-hydrogen) atoms. The van der Waals surface area contributed by atoms with E-state index in [0.29, 0.717) is 79.5 Å². The number of nitrogen functional groups attached to an aromatic ring is 1.